The Hall–Kier alpha value is -2.83. The van der Waals surface area contributed by atoms with E-state index >= 15 is 0 Å². The van der Waals surface area contributed by atoms with Gasteiger partial charge < -0.3 is 10.2 Å². The molecule has 5 rings (SSSR count). The molecule has 3 aromatic rings. The molecule has 0 radical (unpaired) electrons. The van der Waals surface area contributed by atoms with E-state index in [1.54, 1.807) is 12.3 Å². The summed E-state index contributed by atoms with van der Waals surface area (Å²) in [5, 5.41) is 4.30. The van der Waals surface area contributed by atoms with Gasteiger partial charge in [0.05, 0.1) is 5.52 Å². The van der Waals surface area contributed by atoms with Crippen LogP contribution in [0.5, 0.6) is 0 Å². The number of amides is 1. The highest BCUT2D eigenvalue weighted by Gasteiger charge is 2.40. The lowest BCUT2D eigenvalue weighted by atomic mass is 10.1. The quantitative estimate of drug-likeness (QED) is 0.710. The van der Waals surface area contributed by atoms with E-state index in [1.165, 1.54) is 6.07 Å². The number of nitrogens with zero attached hydrogens (tertiary/aromatic N) is 3. The SMILES string of the molecule is O=C(c1ccccc1)N1CC(CNCc2cc(F)cc3cccnc23)N2CCC1C2. The first-order valence-corrected chi connectivity index (χ1v) is 10.5. The predicted molar refractivity (Wildman–Crippen MR) is 115 cm³/mol. The highest BCUT2D eigenvalue weighted by molar-refractivity contribution is 5.94. The van der Waals surface area contributed by atoms with Crippen LogP contribution < -0.4 is 5.32 Å². The fourth-order valence-electron chi connectivity index (χ4n) is 4.77. The van der Waals surface area contributed by atoms with Gasteiger partial charge in [-0.2, -0.15) is 0 Å². The Bertz CT molecular complexity index is 1060. The molecule has 0 aliphatic carbocycles. The zero-order valence-corrected chi connectivity index (χ0v) is 16.8. The Kier molecular flexibility index (Phi) is 5.19. The van der Waals surface area contributed by atoms with Crippen LogP contribution in [-0.4, -0.2) is 59.0 Å². The second-order valence-corrected chi connectivity index (χ2v) is 8.19. The molecule has 30 heavy (non-hydrogen) atoms. The molecule has 2 aromatic carbocycles. The van der Waals surface area contributed by atoms with Crippen LogP contribution in [0.25, 0.3) is 10.9 Å². The van der Waals surface area contributed by atoms with Gasteiger partial charge >= 0.3 is 0 Å². The summed E-state index contributed by atoms with van der Waals surface area (Å²) in [4.78, 5) is 22.0. The van der Waals surface area contributed by atoms with E-state index < -0.39 is 0 Å². The lowest BCUT2D eigenvalue weighted by Crippen LogP contribution is -2.57. The van der Waals surface area contributed by atoms with Crippen LogP contribution in [0.4, 0.5) is 4.39 Å². The van der Waals surface area contributed by atoms with Gasteiger partial charge in [-0.25, -0.2) is 4.39 Å². The average Bonchev–Trinajstić information content (AvgIpc) is 3.19. The van der Waals surface area contributed by atoms with E-state index in [4.69, 9.17) is 0 Å². The number of benzene rings is 2. The summed E-state index contributed by atoms with van der Waals surface area (Å²) in [7, 11) is 0. The zero-order valence-electron chi connectivity index (χ0n) is 16.8. The van der Waals surface area contributed by atoms with Gasteiger partial charge in [0, 0.05) is 62.0 Å². The normalized spacial score (nSPS) is 23.1. The Morgan fingerprint density at radius 3 is 2.87 bits per heavy atom. The van der Waals surface area contributed by atoms with E-state index in [-0.39, 0.29) is 17.8 Å². The summed E-state index contributed by atoms with van der Waals surface area (Å²) in [6.07, 6.45) is 2.76. The number of rotatable bonds is 5. The molecular formula is C24H25FN4O. The average molecular weight is 404 g/mol. The number of aromatic nitrogens is 1. The van der Waals surface area contributed by atoms with Crippen molar-refractivity contribution in [3.8, 4) is 0 Å². The van der Waals surface area contributed by atoms with Crippen molar-refractivity contribution in [2.45, 2.75) is 25.0 Å². The number of carbonyl (C=O) groups is 1. The number of hydrogen-bond acceptors (Lipinski definition) is 4. The Labute approximate surface area is 175 Å². The standard InChI is InChI=1S/C24H25FN4O/c25-20-11-18-7-4-9-27-23(18)19(12-20)13-26-14-22-16-29(21-8-10-28(22)15-21)24(30)17-5-2-1-3-6-17/h1-7,9,11-12,21-22,26H,8,10,13-16H2. The second kappa shape index (κ2) is 8.13. The fourth-order valence-corrected chi connectivity index (χ4v) is 4.77. The highest BCUT2D eigenvalue weighted by Crippen LogP contribution is 2.26. The first kappa shape index (κ1) is 19.2. The van der Waals surface area contributed by atoms with Crippen LogP contribution in [-0.2, 0) is 6.54 Å². The van der Waals surface area contributed by atoms with E-state index in [1.807, 2.05) is 47.4 Å². The molecule has 5 nitrogen and oxygen atoms in total. The summed E-state index contributed by atoms with van der Waals surface area (Å²) in [6, 6.07) is 16.9. The maximum absolute atomic E-state index is 14.0. The van der Waals surface area contributed by atoms with Crippen LogP contribution in [0.15, 0.2) is 60.8 Å². The van der Waals surface area contributed by atoms with E-state index in [9.17, 15) is 9.18 Å². The van der Waals surface area contributed by atoms with Gasteiger partial charge in [-0.3, -0.25) is 14.7 Å². The van der Waals surface area contributed by atoms with Gasteiger partial charge in [-0.05, 0) is 42.3 Å². The number of piperazine rings is 1. The smallest absolute Gasteiger partial charge is 0.254 e. The Balaban J connectivity index is 1.27. The lowest BCUT2D eigenvalue weighted by molar-refractivity contribution is 0.0495. The van der Waals surface area contributed by atoms with Crippen molar-refractivity contribution in [1.29, 1.82) is 0 Å². The Morgan fingerprint density at radius 2 is 2.00 bits per heavy atom. The number of fused-ring (bicyclic) bond motifs is 3. The molecule has 154 valence electrons. The van der Waals surface area contributed by atoms with Crippen molar-refractivity contribution in [2.24, 2.45) is 0 Å². The number of hydrogen-bond donors (Lipinski definition) is 1. The predicted octanol–water partition coefficient (Wildman–Crippen LogP) is 3.06. The van der Waals surface area contributed by atoms with Gasteiger partial charge in [0.25, 0.3) is 5.91 Å². The first-order chi connectivity index (χ1) is 14.7. The molecule has 1 amide bonds. The van der Waals surface area contributed by atoms with Crippen molar-refractivity contribution in [3.63, 3.8) is 0 Å². The van der Waals surface area contributed by atoms with Gasteiger partial charge in [0.1, 0.15) is 5.82 Å². The fraction of sp³-hybridized carbons (Fsp3) is 0.333. The van der Waals surface area contributed by atoms with Crippen LogP contribution in [0, 0.1) is 5.82 Å². The van der Waals surface area contributed by atoms with Crippen molar-refractivity contribution < 1.29 is 9.18 Å². The van der Waals surface area contributed by atoms with Crippen molar-refractivity contribution in [2.75, 3.05) is 26.2 Å². The molecule has 2 aliphatic rings. The minimum absolute atomic E-state index is 0.118. The molecule has 1 N–H and O–H groups in total. The van der Waals surface area contributed by atoms with Crippen LogP contribution >= 0.6 is 0 Å². The first-order valence-electron chi connectivity index (χ1n) is 10.5. The largest absolute Gasteiger partial charge is 0.333 e. The number of carbonyl (C=O) groups excluding carboxylic acids is 1. The Morgan fingerprint density at radius 1 is 1.13 bits per heavy atom. The molecule has 3 atom stereocenters. The van der Waals surface area contributed by atoms with Crippen molar-refractivity contribution in [3.05, 3.63) is 77.7 Å². The third-order valence-corrected chi connectivity index (χ3v) is 6.29. The molecule has 2 saturated heterocycles. The lowest BCUT2D eigenvalue weighted by Gasteiger charge is -2.40. The van der Waals surface area contributed by atoms with Crippen LogP contribution in [0.2, 0.25) is 0 Å². The van der Waals surface area contributed by atoms with E-state index in [0.717, 1.165) is 48.1 Å². The van der Waals surface area contributed by atoms with Gasteiger partial charge in [-0.15, -0.1) is 0 Å². The molecular weight excluding hydrogens is 379 g/mol. The van der Waals surface area contributed by atoms with Gasteiger partial charge in [-0.1, -0.05) is 24.3 Å². The zero-order chi connectivity index (χ0) is 20.5. The monoisotopic (exact) mass is 404 g/mol. The number of nitrogens with one attached hydrogen (secondary N) is 1. The number of pyridine rings is 1. The molecule has 1 aromatic heterocycles. The summed E-state index contributed by atoms with van der Waals surface area (Å²) >= 11 is 0. The molecule has 2 fully saturated rings. The van der Waals surface area contributed by atoms with Crippen LogP contribution in [0.1, 0.15) is 22.3 Å². The third kappa shape index (κ3) is 3.68. The number of halogens is 1. The van der Waals surface area contributed by atoms with Crippen molar-refractivity contribution >= 4 is 16.8 Å². The van der Waals surface area contributed by atoms with Crippen molar-refractivity contribution in [1.82, 2.24) is 20.1 Å². The summed E-state index contributed by atoms with van der Waals surface area (Å²) in [5.41, 5.74) is 2.44. The molecule has 0 saturated carbocycles. The molecule has 2 aliphatic heterocycles. The highest BCUT2D eigenvalue weighted by atomic mass is 19.1. The molecule has 2 bridgehead atoms. The molecule has 0 spiro atoms. The van der Waals surface area contributed by atoms with Crippen LogP contribution in [0.3, 0.4) is 0 Å². The maximum atomic E-state index is 14.0. The van der Waals surface area contributed by atoms with Gasteiger partial charge in [0.2, 0.25) is 0 Å². The third-order valence-electron chi connectivity index (χ3n) is 6.29. The second-order valence-electron chi connectivity index (χ2n) is 8.19. The van der Waals surface area contributed by atoms with Gasteiger partial charge in [0.15, 0.2) is 0 Å². The summed E-state index contributed by atoms with van der Waals surface area (Å²) < 4.78 is 14.0. The summed E-state index contributed by atoms with van der Waals surface area (Å²) in [5.74, 6) is -0.126. The minimum atomic E-state index is -0.244. The summed E-state index contributed by atoms with van der Waals surface area (Å²) in [6.45, 7) is 3.95. The molecule has 3 unspecified atom stereocenters. The molecule has 3 heterocycles. The minimum Gasteiger partial charge on any atom is -0.333 e. The van der Waals surface area contributed by atoms with E-state index in [2.05, 4.69) is 15.2 Å². The van der Waals surface area contributed by atoms with E-state index in [0.29, 0.717) is 19.1 Å². The molecule has 6 heteroatoms. The topological polar surface area (TPSA) is 48.5 Å². The maximum Gasteiger partial charge on any atom is 0.254 e.